The summed E-state index contributed by atoms with van der Waals surface area (Å²) in [6.07, 6.45) is 2.16. The lowest BCUT2D eigenvalue weighted by molar-refractivity contribution is 0.142. The molecule has 1 aliphatic rings. The number of amides is 2. The van der Waals surface area contributed by atoms with Crippen molar-refractivity contribution in [3.8, 4) is 28.1 Å². The summed E-state index contributed by atoms with van der Waals surface area (Å²) >= 11 is 12.4. The van der Waals surface area contributed by atoms with Crippen molar-refractivity contribution >= 4 is 40.6 Å². The summed E-state index contributed by atoms with van der Waals surface area (Å²) in [6, 6.07) is 25.2. The molecule has 0 saturated carbocycles. The summed E-state index contributed by atoms with van der Waals surface area (Å²) < 4.78 is 7.47. The Labute approximate surface area is 255 Å². The van der Waals surface area contributed by atoms with E-state index in [1.165, 1.54) is 0 Å². The van der Waals surface area contributed by atoms with Crippen LogP contribution in [-0.2, 0) is 6.54 Å². The number of hydrogen-bond acceptors (Lipinski definition) is 4. The molecule has 42 heavy (non-hydrogen) atoms. The van der Waals surface area contributed by atoms with Crippen LogP contribution >= 0.6 is 23.2 Å². The van der Waals surface area contributed by atoms with Crippen molar-refractivity contribution in [2.24, 2.45) is 0 Å². The van der Waals surface area contributed by atoms with Gasteiger partial charge >= 0.3 is 6.03 Å². The average Bonchev–Trinajstić information content (AvgIpc) is 3.35. The zero-order valence-corrected chi connectivity index (χ0v) is 25.0. The molecule has 9 heteroatoms. The number of aromatic nitrogens is 2. The predicted molar refractivity (Wildman–Crippen MR) is 170 cm³/mol. The van der Waals surface area contributed by atoms with Gasteiger partial charge in [0.25, 0.3) is 0 Å². The fourth-order valence-electron chi connectivity index (χ4n) is 5.42. The Morgan fingerprint density at radius 3 is 2.38 bits per heavy atom. The van der Waals surface area contributed by atoms with Crippen LogP contribution in [0.5, 0.6) is 5.75 Å². The molecule has 0 aliphatic carbocycles. The van der Waals surface area contributed by atoms with E-state index in [0.717, 1.165) is 57.4 Å². The van der Waals surface area contributed by atoms with Crippen molar-refractivity contribution in [3.05, 3.63) is 106 Å². The highest BCUT2D eigenvalue weighted by molar-refractivity contribution is 6.31. The second-order valence-electron chi connectivity index (χ2n) is 10.4. The first-order valence-corrected chi connectivity index (χ1v) is 14.6. The lowest BCUT2D eigenvalue weighted by Gasteiger charge is -2.34. The first kappa shape index (κ1) is 28.1. The van der Waals surface area contributed by atoms with Gasteiger partial charge in [0, 0.05) is 66.3 Å². The summed E-state index contributed by atoms with van der Waals surface area (Å²) in [5, 5.41) is 4.40. The zero-order chi connectivity index (χ0) is 29.2. The maximum Gasteiger partial charge on any atom is 0.321 e. The third-order valence-corrected chi connectivity index (χ3v) is 8.18. The number of rotatable bonds is 6. The number of urea groups is 1. The van der Waals surface area contributed by atoms with Crippen molar-refractivity contribution < 1.29 is 9.53 Å². The molecular formula is C33H31Cl2N5O2. The maximum atomic E-state index is 13.0. The molecular weight excluding hydrogens is 569 g/mol. The number of nitrogens with zero attached hydrogens (tertiary/aromatic N) is 4. The van der Waals surface area contributed by atoms with Gasteiger partial charge in [-0.2, -0.15) is 0 Å². The molecule has 214 valence electrons. The van der Waals surface area contributed by atoms with Crippen LogP contribution in [0.25, 0.3) is 28.0 Å². The number of aryl methyl sites for hydroxylation is 1. The number of carbonyl (C=O) groups is 1. The minimum atomic E-state index is -0.109. The van der Waals surface area contributed by atoms with E-state index in [1.54, 1.807) is 7.11 Å². The fraction of sp³-hybridized carbons (Fsp3) is 0.212. The average molecular weight is 601 g/mol. The quantitative estimate of drug-likeness (QED) is 0.218. The lowest BCUT2D eigenvalue weighted by atomic mass is 10.0. The van der Waals surface area contributed by atoms with E-state index in [4.69, 9.17) is 32.9 Å². The van der Waals surface area contributed by atoms with Crippen LogP contribution in [0.4, 0.5) is 10.5 Å². The molecule has 6 rings (SSSR count). The minimum absolute atomic E-state index is 0.109. The molecule has 5 aromatic rings. The molecule has 0 bridgehead atoms. The number of benzene rings is 3. The second kappa shape index (κ2) is 12.1. The van der Waals surface area contributed by atoms with Crippen molar-refractivity contribution in [3.63, 3.8) is 0 Å². The minimum Gasteiger partial charge on any atom is -0.497 e. The molecule has 7 nitrogen and oxygen atoms in total. The third-order valence-electron chi connectivity index (χ3n) is 7.69. The van der Waals surface area contributed by atoms with Gasteiger partial charge in [-0.15, -0.1) is 0 Å². The molecule has 0 atom stereocenters. The van der Waals surface area contributed by atoms with Gasteiger partial charge in [-0.25, -0.2) is 9.78 Å². The predicted octanol–water partition coefficient (Wildman–Crippen LogP) is 7.64. The van der Waals surface area contributed by atoms with Gasteiger partial charge < -0.3 is 19.4 Å². The SMILES string of the molecule is COc1cccc(NC(=O)N2CCN(Cc3c(-c4ccc(Cl)cc4)nc4ccc(-c5ccc(Cl)cc5C)cn34)CC2)c1. The summed E-state index contributed by atoms with van der Waals surface area (Å²) in [6.45, 7) is 5.50. The smallest absolute Gasteiger partial charge is 0.321 e. The number of ether oxygens (including phenoxy) is 1. The Kier molecular flexibility index (Phi) is 8.07. The Balaban J connectivity index is 1.25. The van der Waals surface area contributed by atoms with E-state index in [2.05, 4.69) is 45.9 Å². The van der Waals surface area contributed by atoms with Crippen LogP contribution in [0.3, 0.4) is 0 Å². The third kappa shape index (κ3) is 5.95. The standard InChI is InChI=1S/C33H31Cl2N5O2/c1-22-18-26(35)11-12-29(22)24-8-13-31-37-32(23-6-9-25(34)10-7-23)30(40(31)20-24)21-38-14-16-39(17-15-38)33(41)36-27-4-3-5-28(19-27)42-2/h3-13,18-20H,14-17,21H2,1-2H3,(H,36,41). The van der Waals surface area contributed by atoms with Crippen LogP contribution in [0, 0.1) is 6.92 Å². The number of anilines is 1. The van der Waals surface area contributed by atoms with Gasteiger partial charge in [-0.1, -0.05) is 47.5 Å². The van der Waals surface area contributed by atoms with Crippen LogP contribution < -0.4 is 10.1 Å². The van der Waals surface area contributed by atoms with E-state index in [1.807, 2.05) is 65.6 Å². The number of carbonyl (C=O) groups excluding carboxylic acids is 1. The van der Waals surface area contributed by atoms with Crippen molar-refractivity contribution in [2.45, 2.75) is 13.5 Å². The first-order valence-electron chi connectivity index (χ1n) is 13.8. The fourth-order valence-corrected chi connectivity index (χ4v) is 5.77. The number of piperazine rings is 1. The largest absolute Gasteiger partial charge is 0.497 e. The molecule has 3 aromatic carbocycles. The summed E-state index contributed by atoms with van der Waals surface area (Å²) in [7, 11) is 1.61. The highest BCUT2D eigenvalue weighted by Crippen LogP contribution is 2.31. The molecule has 2 aromatic heterocycles. The van der Waals surface area contributed by atoms with E-state index >= 15 is 0 Å². The number of hydrogen-bond donors (Lipinski definition) is 1. The van der Waals surface area contributed by atoms with Gasteiger partial charge in [-0.3, -0.25) is 4.90 Å². The van der Waals surface area contributed by atoms with Gasteiger partial charge in [0.1, 0.15) is 11.4 Å². The van der Waals surface area contributed by atoms with Crippen LogP contribution in [0.1, 0.15) is 11.3 Å². The molecule has 2 amide bonds. The highest BCUT2D eigenvalue weighted by atomic mass is 35.5. The summed E-state index contributed by atoms with van der Waals surface area (Å²) in [5.41, 5.74) is 7.96. The van der Waals surface area contributed by atoms with Crippen molar-refractivity contribution in [1.82, 2.24) is 19.2 Å². The number of nitrogens with one attached hydrogen (secondary N) is 1. The van der Waals surface area contributed by atoms with Gasteiger partial charge in [-0.05, 0) is 72.1 Å². The van der Waals surface area contributed by atoms with Gasteiger partial charge in [0.15, 0.2) is 0 Å². The summed E-state index contributed by atoms with van der Waals surface area (Å²) in [5.74, 6) is 0.705. The number of methoxy groups -OCH3 is 1. The highest BCUT2D eigenvalue weighted by Gasteiger charge is 2.24. The molecule has 3 heterocycles. The monoisotopic (exact) mass is 599 g/mol. The van der Waals surface area contributed by atoms with E-state index < -0.39 is 0 Å². The van der Waals surface area contributed by atoms with Crippen LogP contribution in [-0.4, -0.2) is 58.5 Å². The number of pyridine rings is 1. The van der Waals surface area contributed by atoms with Crippen molar-refractivity contribution in [1.29, 1.82) is 0 Å². The Hall–Kier alpha value is -4.04. The number of imidazole rings is 1. The van der Waals surface area contributed by atoms with Gasteiger partial charge in [0.05, 0.1) is 18.5 Å². The maximum absolute atomic E-state index is 13.0. The molecule has 1 saturated heterocycles. The van der Waals surface area contributed by atoms with Gasteiger partial charge in [0.2, 0.25) is 0 Å². The van der Waals surface area contributed by atoms with E-state index in [9.17, 15) is 4.79 Å². The second-order valence-corrected chi connectivity index (χ2v) is 11.3. The molecule has 0 unspecified atom stereocenters. The molecule has 1 N–H and O–H groups in total. The number of halogens is 2. The Morgan fingerprint density at radius 1 is 0.905 bits per heavy atom. The Bertz CT molecular complexity index is 1740. The summed E-state index contributed by atoms with van der Waals surface area (Å²) in [4.78, 5) is 22.2. The topological polar surface area (TPSA) is 62.1 Å². The normalized spacial score (nSPS) is 13.9. The van der Waals surface area contributed by atoms with E-state index in [-0.39, 0.29) is 6.03 Å². The lowest BCUT2D eigenvalue weighted by Crippen LogP contribution is -2.49. The van der Waals surface area contributed by atoms with Crippen LogP contribution in [0.2, 0.25) is 10.0 Å². The Morgan fingerprint density at radius 2 is 1.64 bits per heavy atom. The first-order chi connectivity index (χ1) is 20.4. The molecule has 1 fully saturated rings. The van der Waals surface area contributed by atoms with Crippen molar-refractivity contribution in [2.75, 3.05) is 38.6 Å². The molecule has 1 aliphatic heterocycles. The zero-order valence-electron chi connectivity index (χ0n) is 23.5. The molecule has 0 radical (unpaired) electrons. The molecule has 0 spiro atoms. The van der Waals surface area contributed by atoms with Crippen LogP contribution in [0.15, 0.2) is 85.1 Å². The number of fused-ring (bicyclic) bond motifs is 1. The van der Waals surface area contributed by atoms with E-state index in [0.29, 0.717) is 36.1 Å².